The van der Waals surface area contributed by atoms with E-state index in [2.05, 4.69) is 42.6 Å². The number of hydrogen-bond donors (Lipinski definition) is 0. The number of halogens is 2. The Hall–Kier alpha value is -1.81. The van der Waals surface area contributed by atoms with Gasteiger partial charge in [-0.1, -0.05) is 47.5 Å². The third kappa shape index (κ3) is 3.84. The van der Waals surface area contributed by atoms with Crippen LogP contribution in [0.4, 0.5) is 0 Å². The number of thiophene rings is 1. The summed E-state index contributed by atoms with van der Waals surface area (Å²) in [5.41, 5.74) is 4.40. The van der Waals surface area contributed by atoms with Gasteiger partial charge in [0, 0.05) is 10.4 Å². The summed E-state index contributed by atoms with van der Waals surface area (Å²) in [6, 6.07) is 15.8. The van der Waals surface area contributed by atoms with Crippen molar-refractivity contribution in [3.05, 3.63) is 91.1 Å². The van der Waals surface area contributed by atoms with Gasteiger partial charge in [0.25, 0.3) is 5.91 Å². The maximum Gasteiger partial charge on any atom is 0.254 e. The summed E-state index contributed by atoms with van der Waals surface area (Å²) in [7, 11) is 0. The normalized spacial score (nSPS) is 15.9. The monoisotopic (exact) mass is 429 g/mol. The fraction of sp³-hybridized carbons (Fsp3) is 0.261. The Balaban J connectivity index is 1.75. The number of rotatable bonds is 4. The van der Waals surface area contributed by atoms with Crippen LogP contribution in [0.1, 0.15) is 50.8 Å². The molecule has 1 aliphatic carbocycles. The topological polar surface area (TPSA) is 20.3 Å². The molecule has 1 unspecified atom stereocenters. The smallest absolute Gasteiger partial charge is 0.254 e. The molecule has 2 nitrogen and oxygen atoms in total. The lowest BCUT2D eigenvalue weighted by molar-refractivity contribution is 0.0640. The van der Waals surface area contributed by atoms with Gasteiger partial charge in [-0.2, -0.15) is 0 Å². The Morgan fingerprint density at radius 3 is 2.71 bits per heavy atom. The van der Waals surface area contributed by atoms with E-state index in [1.54, 1.807) is 29.5 Å². The highest BCUT2D eigenvalue weighted by molar-refractivity contribution is 7.10. The molecule has 1 aromatic heterocycles. The Morgan fingerprint density at radius 1 is 1.14 bits per heavy atom. The molecule has 4 rings (SSSR count). The van der Waals surface area contributed by atoms with Crippen molar-refractivity contribution < 1.29 is 4.79 Å². The predicted molar refractivity (Wildman–Crippen MR) is 118 cm³/mol. The third-order valence-corrected chi connectivity index (χ3v) is 7.17. The number of aryl methyl sites for hydroxylation is 2. The zero-order chi connectivity index (χ0) is 19.7. The van der Waals surface area contributed by atoms with Gasteiger partial charge in [0.1, 0.15) is 0 Å². The molecular formula is C23H21Cl2NOS. The Morgan fingerprint density at radius 2 is 1.96 bits per heavy atom. The van der Waals surface area contributed by atoms with Crippen LogP contribution in [0.3, 0.4) is 0 Å². The van der Waals surface area contributed by atoms with Gasteiger partial charge >= 0.3 is 0 Å². The van der Waals surface area contributed by atoms with Crippen molar-refractivity contribution in [3.8, 4) is 0 Å². The molecule has 1 aliphatic rings. The fourth-order valence-corrected chi connectivity index (χ4v) is 5.09. The van der Waals surface area contributed by atoms with Crippen LogP contribution in [0.5, 0.6) is 0 Å². The van der Waals surface area contributed by atoms with Crippen LogP contribution >= 0.6 is 34.5 Å². The van der Waals surface area contributed by atoms with E-state index in [1.807, 2.05) is 4.90 Å². The van der Waals surface area contributed by atoms with E-state index in [4.69, 9.17) is 23.2 Å². The van der Waals surface area contributed by atoms with Crippen LogP contribution in [0.2, 0.25) is 10.0 Å². The van der Waals surface area contributed by atoms with Crippen molar-refractivity contribution in [1.29, 1.82) is 0 Å². The molecule has 1 amide bonds. The van der Waals surface area contributed by atoms with Crippen LogP contribution in [-0.4, -0.2) is 10.8 Å². The maximum absolute atomic E-state index is 13.6. The first-order valence-electron chi connectivity index (χ1n) is 9.41. The molecule has 28 heavy (non-hydrogen) atoms. The molecular weight excluding hydrogens is 409 g/mol. The molecule has 0 saturated heterocycles. The summed E-state index contributed by atoms with van der Waals surface area (Å²) in [6.07, 6.45) is 3.12. The highest BCUT2D eigenvalue weighted by Crippen LogP contribution is 2.37. The summed E-state index contributed by atoms with van der Waals surface area (Å²) in [4.78, 5) is 16.8. The molecule has 0 radical (unpaired) electrons. The zero-order valence-corrected chi connectivity index (χ0v) is 17.9. The number of fused-ring (bicyclic) bond motifs is 1. The minimum Gasteiger partial charge on any atom is -0.326 e. The van der Waals surface area contributed by atoms with Gasteiger partial charge < -0.3 is 4.90 Å². The molecule has 5 heteroatoms. The van der Waals surface area contributed by atoms with Crippen LogP contribution < -0.4 is 0 Å². The molecule has 0 spiro atoms. The van der Waals surface area contributed by atoms with Crippen LogP contribution in [0, 0.1) is 6.92 Å². The van der Waals surface area contributed by atoms with E-state index in [1.165, 1.54) is 21.6 Å². The number of benzene rings is 2. The van der Waals surface area contributed by atoms with E-state index < -0.39 is 0 Å². The number of hydrogen-bond acceptors (Lipinski definition) is 2. The number of carbonyl (C=O) groups is 1. The second-order valence-electron chi connectivity index (χ2n) is 7.20. The minimum absolute atomic E-state index is 0.00642. The van der Waals surface area contributed by atoms with Gasteiger partial charge in [0.15, 0.2) is 0 Å². The van der Waals surface area contributed by atoms with E-state index in [9.17, 15) is 4.79 Å². The summed E-state index contributed by atoms with van der Waals surface area (Å²) in [5, 5.41) is 2.95. The van der Waals surface area contributed by atoms with E-state index in [0.717, 1.165) is 19.3 Å². The molecule has 0 fully saturated rings. The molecule has 0 bridgehead atoms. The Kier molecular flexibility index (Phi) is 5.77. The fourth-order valence-electron chi connectivity index (χ4n) is 3.89. The van der Waals surface area contributed by atoms with Crippen LogP contribution in [0.15, 0.2) is 53.9 Å². The molecule has 1 heterocycles. The number of carbonyl (C=O) groups excluding carboxylic acids is 1. The van der Waals surface area contributed by atoms with Crippen molar-refractivity contribution >= 4 is 40.4 Å². The highest BCUT2D eigenvalue weighted by Gasteiger charge is 2.30. The lowest BCUT2D eigenvalue weighted by Gasteiger charge is -2.36. The molecule has 0 N–H and O–H groups in total. The zero-order valence-electron chi connectivity index (χ0n) is 15.6. The number of amides is 1. The summed E-state index contributed by atoms with van der Waals surface area (Å²) < 4.78 is 0. The second-order valence-corrected chi connectivity index (χ2v) is 9.01. The first-order chi connectivity index (χ1) is 13.5. The second kappa shape index (κ2) is 8.28. The highest BCUT2D eigenvalue weighted by atomic mass is 35.5. The third-order valence-electron chi connectivity index (χ3n) is 5.42. The van der Waals surface area contributed by atoms with Crippen LogP contribution in [-0.2, 0) is 13.0 Å². The summed E-state index contributed by atoms with van der Waals surface area (Å²) >= 11 is 14.0. The molecule has 2 aromatic carbocycles. The standard InChI is InChI=1S/C23H21Cl2NOS/c1-15-11-12-28-22(15)14-26(23(27)17-9-10-19(24)20(25)13-17)21-8-4-6-16-5-2-3-7-18(16)21/h2-3,5,7,9-13,21H,4,6,8,14H2,1H3. The van der Waals surface area contributed by atoms with E-state index in [-0.39, 0.29) is 11.9 Å². The Labute approximate surface area is 179 Å². The van der Waals surface area contributed by atoms with Crippen LogP contribution in [0.25, 0.3) is 0 Å². The maximum atomic E-state index is 13.6. The van der Waals surface area contributed by atoms with Gasteiger partial charge in [-0.3, -0.25) is 4.79 Å². The minimum atomic E-state index is -0.00642. The summed E-state index contributed by atoms with van der Waals surface area (Å²) in [6.45, 7) is 2.70. The van der Waals surface area contributed by atoms with Crippen molar-refractivity contribution in [2.45, 2.75) is 38.8 Å². The van der Waals surface area contributed by atoms with Gasteiger partial charge in [-0.15, -0.1) is 11.3 Å². The predicted octanol–water partition coefficient (Wildman–Crippen LogP) is 7.08. The molecule has 0 saturated carbocycles. The largest absolute Gasteiger partial charge is 0.326 e. The molecule has 144 valence electrons. The van der Waals surface area contributed by atoms with Gasteiger partial charge in [0.2, 0.25) is 0 Å². The van der Waals surface area contributed by atoms with Crippen molar-refractivity contribution in [2.24, 2.45) is 0 Å². The van der Waals surface area contributed by atoms with Crippen molar-refractivity contribution in [2.75, 3.05) is 0 Å². The molecule has 3 aromatic rings. The van der Waals surface area contributed by atoms with Gasteiger partial charge in [0.05, 0.1) is 22.6 Å². The number of nitrogens with zero attached hydrogens (tertiary/aromatic N) is 1. The van der Waals surface area contributed by atoms with Gasteiger partial charge in [-0.25, -0.2) is 0 Å². The average molecular weight is 430 g/mol. The lowest BCUT2D eigenvalue weighted by atomic mass is 9.86. The van der Waals surface area contributed by atoms with E-state index >= 15 is 0 Å². The Bertz CT molecular complexity index is 1010. The van der Waals surface area contributed by atoms with E-state index in [0.29, 0.717) is 22.2 Å². The van der Waals surface area contributed by atoms with Crippen molar-refractivity contribution in [1.82, 2.24) is 4.90 Å². The quantitative estimate of drug-likeness (QED) is 0.433. The summed E-state index contributed by atoms with van der Waals surface area (Å²) in [5.74, 6) is -0.00642. The van der Waals surface area contributed by atoms with Crippen molar-refractivity contribution in [3.63, 3.8) is 0 Å². The molecule has 1 atom stereocenters. The lowest BCUT2D eigenvalue weighted by Crippen LogP contribution is -2.36. The average Bonchev–Trinajstić information content (AvgIpc) is 3.12. The molecule has 0 aliphatic heterocycles. The van der Waals surface area contributed by atoms with Gasteiger partial charge in [-0.05, 0) is 72.5 Å². The SMILES string of the molecule is Cc1ccsc1CN(C(=O)c1ccc(Cl)c(Cl)c1)C1CCCc2ccccc21. The first kappa shape index (κ1) is 19.5. The first-order valence-corrected chi connectivity index (χ1v) is 11.0.